The van der Waals surface area contributed by atoms with E-state index in [0.29, 0.717) is 54.1 Å². The Labute approximate surface area is 213 Å². The first-order valence-electron chi connectivity index (χ1n) is 11.6. The zero-order valence-electron chi connectivity index (χ0n) is 20.3. The highest BCUT2D eigenvalue weighted by molar-refractivity contribution is 7.15. The van der Waals surface area contributed by atoms with Crippen LogP contribution in [0.25, 0.3) is 28.3 Å². The Hall–Kier alpha value is -3.71. The Balaban J connectivity index is 1.28. The molecule has 0 aliphatic carbocycles. The van der Waals surface area contributed by atoms with Crippen LogP contribution in [0, 0.1) is 6.92 Å². The van der Waals surface area contributed by atoms with Gasteiger partial charge in [-0.2, -0.15) is 18.3 Å². The topological polar surface area (TPSA) is 100 Å². The number of morpholine rings is 1. The highest BCUT2D eigenvalue weighted by Crippen LogP contribution is 2.38. The van der Waals surface area contributed by atoms with E-state index in [9.17, 15) is 8.78 Å². The maximum atomic E-state index is 13.5. The summed E-state index contributed by atoms with van der Waals surface area (Å²) in [5.74, 6) is -2.46. The Kier molecular flexibility index (Phi) is 5.75. The number of anilines is 1. The summed E-state index contributed by atoms with van der Waals surface area (Å²) in [6.07, 6.45) is 1.47. The van der Waals surface area contributed by atoms with Crippen molar-refractivity contribution in [1.82, 2.24) is 19.6 Å². The van der Waals surface area contributed by atoms with Crippen molar-refractivity contribution in [2.45, 2.75) is 26.4 Å². The molecule has 1 saturated heterocycles. The van der Waals surface area contributed by atoms with Gasteiger partial charge in [-0.25, -0.2) is 4.98 Å². The number of alkyl halides is 2. The van der Waals surface area contributed by atoms with Crippen LogP contribution < -0.4 is 14.4 Å². The predicted octanol–water partition coefficient (Wildman–Crippen LogP) is 5.04. The van der Waals surface area contributed by atoms with Crippen molar-refractivity contribution in [2.75, 3.05) is 38.3 Å². The van der Waals surface area contributed by atoms with Gasteiger partial charge in [-0.3, -0.25) is 0 Å². The lowest BCUT2D eigenvalue weighted by Gasteiger charge is -2.26. The maximum absolute atomic E-state index is 13.5. The van der Waals surface area contributed by atoms with Gasteiger partial charge < -0.3 is 27.9 Å². The van der Waals surface area contributed by atoms with Crippen LogP contribution in [0.4, 0.5) is 13.9 Å². The molecule has 0 amide bonds. The molecular weight excluding hydrogens is 508 g/mol. The van der Waals surface area contributed by atoms with Gasteiger partial charge in [0.2, 0.25) is 0 Å². The largest absolute Gasteiger partial charge is 0.496 e. The van der Waals surface area contributed by atoms with Crippen LogP contribution in [0.1, 0.15) is 23.4 Å². The van der Waals surface area contributed by atoms with Crippen LogP contribution >= 0.6 is 11.3 Å². The Bertz CT molecular complexity index is 1550. The molecule has 0 spiro atoms. The quantitative estimate of drug-likeness (QED) is 0.286. The van der Waals surface area contributed by atoms with Gasteiger partial charge >= 0.3 is 11.8 Å². The van der Waals surface area contributed by atoms with Gasteiger partial charge in [0.25, 0.3) is 5.89 Å². The molecule has 0 saturated carbocycles. The van der Waals surface area contributed by atoms with Gasteiger partial charge in [0.15, 0.2) is 10.9 Å². The molecule has 37 heavy (non-hydrogen) atoms. The molecular formula is C24H23F2N5O5S. The first-order chi connectivity index (χ1) is 17.8. The van der Waals surface area contributed by atoms with E-state index in [0.717, 1.165) is 33.3 Å². The van der Waals surface area contributed by atoms with Crippen molar-refractivity contribution < 1.29 is 31.8 Å². The lowest BCUT2D eigenvalue weighted by atomic mass is 10.2. The van der Waals surface area contributed by atoms with E-state index in [4.69, 9.17) is 28.0 Å². The number of rotatable bonds is 7. The van der Waals surface area contributed by atoms with Crippen molar-refractivity contribution in [3.05, 3.63) is 40.9 Å². The highest BCUT2D eigenvalue weighted by atomic mass is 32.1. The molecule has 5 heterocycles. The van der Waals surface area contributed by atoms with Crippen LogP contribution in [0.2, 0.25) is 0 Å². The fourth-order valence-electron chi connectivity index (χ4n) is 4.03. The second kappa shape index (κ2) is 8.99. The lowest BCUT2D eigenvalue weighted by Crippen LogP contribution is -2.36. The van der Waals surface area contributed by atoms with Crippen LogP contribution in [0.3, 0.4) is 0 Å². The predicted molar refractivity (Wildman–Crippen MR) is 131 cm³/mol. The number of halogens is 2. The average molecular weight is 532 g/mol. The molecule has 10 nitrogen and oxygen atoms in total. The fourth-order valence-corrected chi connectivity index (χ4v) is 4.99. The second-order valence-electron chi connectivity index (χ2n) is 8.68. The third kappa shape index (κ3) is 4.48. The van der Waals surface area contributed by atoms with Gasteiger partial charge in [0, 0.05) is 37.0 Å². The minimum Gasteiger partial charge on any atom is -0.496 e. The molecule has 194 valence electrons. The van der Waals surface area contributed by atoms with Crippen molar-refractivity contribution in [2.24, 2.45) is 0 Å². The molecule has 0 radical (unpaired) electrons. The summed E-state index contributed by atoms with van der Waals surface area (Å²) in [5.41, 5.74) is 1.76. The number of furan rings is 1. The van der Waals surface area contributed by atoms with Gasteiger partial charge in [0.05, 0.1) is 37.6 Å². The zero-order valence-corrected chi connectivity index (χ0v) is 21.1. The smallest absolute Gasteiger partial charge is 0.325 e. The monoisotopic (exact) mass is 531 g/mol. The number of nitrogens with zero attached hydrogens (tertiary/aromatic N) is 5. The van der Waals surface area contributed by atoms with E-state index in [1.807, 2.05) is 6.92 Å². The number of aryl methyl sites for hydroxylation is 1. The molecule has 6 rings (SSSR count). The lowest BCUT2D eigenvalue weighted by molar-refractivity contribution is -0.0101. The first kappa shape index (κ1) is 23.7. The molecule has 0 bridgehead atoms. The van der Waals surface area contributed by atoms with Crippen LogP contribution in [0.5, 0.6) is 11.5 Å². The zero-order chi connectivity index (χ0) is 25.7. The highest BCUT2D eigenvalue weighted by Gasteiger charge is 2.32. The summed E-state index contributed by atoms with van der Waals surface area (Å²) in [6, 6.07) is 5.29. The number of hydrogen-bond donors (Lipinski definition) is 0. The van der Waals surface area contributed by atoms with Gasteiger partial charge in [0.1, 0.15) is 29.4 Å². The van der Waals surface area contributed by atoms with Crippen molar-refractivity contribution in [1.29, 1.82) is 0 Å². The molecule has 0 unspecified atom stereocenters. The number of hydrogen-bond acceptors (Lipinski definition) is 10. The van der Waals surface area contributed by atoms with E-state index in [2.05, 4.69) is 15.0 Å². The standard InChI is InChI=1S/C24H23F2N5O5S/c1-13-17(28-23(37-13)30-4-6-33-7-5-30)12-34-18-8-14(32-3)9-19-15(18)10-20(35-19)16-11-31-22(27-16)36-21(29-31)24(2,25)26/h8-11H,4-7,12H2,1-3H3. The molecule has 0 N–H and O–H groups in total. The molecule has 5 aromatic rings. The summed E-state index contributed by atoms with van der Waals surface area (Å²) < 4.78 is 56.4. The Morgan fingerprint density at radius 2 is 1.95 bits per heavy atom. The summed E-state index contributed by atoms with van der Waals surface area (Å²) in [6.45, 7) is 6.03. The molecule has 1 fully saturated rings. The van der Waals surface area contributed by atoms with Crippen LogP contribution in [-0.2, 0) is 17.3 Å². The van der Waals surface area contributed by atoms with Gasteiger partial charge in [-0.05, 0) is 13.0 Å². The Morgan fingerprint density at radius 1 is 1.14 bits per heavy atom. The van der Waals surface area contributed by atoms with E-state index in [1.54, 1.807) is 36.6 Å². The maximum Gasteiger partial charge on any atom is 0.325 e. The van der Waals surface area contributed by atoms with Crippen molar-refractivity contribution in [3.63, 3.8) is 0 Å². The molecule has 1 aromatic carbocycles. The van der Waals surface area contributed by atoms with Gasteiger partial charge in [-0.1, -0.05) is 0 Å². The van der Waals surface area contributed by atoms with Crippen LogP contribution in [-0.4, -0.2) is 53.0 Å². The van der Waals surface area contributed by atoms with Crippen LogP contribution in [0.15, 0.2) is 33.2 Å². The summed E-state index contributed by atoms with van der Waals surface area (Å²) >= 11 is 1.64. The van der Waals surface area contributed by atoms with E-state index in [-0.39, 0.29) is 12.5 Å². The normalized spacial score (nSPS) is 14.7. The average Bonchev–Trinajstić information content (AvgIpc) is 3.64. The van der Waals surface area contributed by atoms with Crippen molar-refractivity contribution >= 4 is 33.3 Å². The molecule has 13 heteroatoms. The minimum atomic E-state index is -3.21. The van der Waals surface area contributed by atoms with E-state index >= 15 is 0 Å². The van der Waals surface area contributed by atoms with E-state index in [1.165, 1.54) is 6.20 Å². The minimum absolute atomic E-state index is 0.0592. The third-order valence-corrected chi connectivity index (χ3v) is 7.08. The molecule has 0 atom stereocenters. The number of benzene rings is 1. The SMILES string of the molecule is COc1cc(OCc2nc(N3CCOCC3)sc2C)c2cc(-c3cn4nc(C(C)(F)F)oc4n3)oc2c1. The van der Waals surface area contributed by atoms with Gasteiger partial charge in [-0.15, -0.1) is 16.4 Å². The number of methoxy groups -OCH3 is 1. The molecule has 1 aliphatic rings. The summed E-state index contributed by atoms with van der Waals surface area (Å²) in [5, 5.41) is 5.44. The Morgan fingerprint density at radius 3 is 2.68 bits per heavy atom. The third-order valence-electron chi connectivity index (χ3n) is 6.01. The number of imidazole rings is 1. The molecule has 4 aromatic heterocycles. The molecule has 1 aliphatic heterocycles. The first-order valence-corrected chi connectivity index (χ1v) is 12.4. The number of thiazole rings is 1. The van der Waals surface area contributed by atoms with Crippen molar-refractivity contribution in [3.8, 4) is 23.0 Å². The number of aromatic nitrogens is 4. The summed E-state index contributed by atoms with van der Waals surface area (Å²) in [7, 11) is 1.56. The number of fused-ring (bicyclic) bond motifs is 2. The van der Waals surface area contributed by atoms with E-state index < -0.39 is 11.8 Å². The summed E-state index contributed by atoms with van der Waals surface area (Å²) in [4.78, 5) is 12.3. The fraction of sp³-hybridized carbons (Fsp3) is 0.375. The number of ether oxygens (including phenoxy) is 3. The second-order valence-corrected chi connectivity index (χ2v) is 9.87.